The maximum atomic E-state index is 13.2. The summed E-state index contributed by atoms with van der Waals surface area (Å²) in [7, 11) is 0. The number of rotatable bonds is 1. The van der Waals surface area contributed by atoms with Gasteiger partial charge in [0.2, 0.25) is 5.78 Å². The number of aromatic hydroxyl groups is 1. The Morgan fingerprint density at radius 1 is 1.20 bits per heavy atom. The summed E-state index contributed by atoms with van der Waals surface area (Å²) in [6.07, 6.45) is 1.42. The molecule has 1 aliphatic rings. The largest absolute Gasteiger partial charge is 0.505 e. The first-order chi connectivity index (χ1) is 9.54. The summed E-state index contributed by atoms with van der Waals surface area (Å²) < 4.78 is 18.7. The van der Waals surface area contributed by atoms with E-state index in [0.29, 0.717) is 21.9 Å². The highest BCUT2D eigenvalue weighted by Crippen LogP contribution is 2.33. The van der Waals surface area contributed by atoms with Crippen LogP contribution in [0, 0.1) is 5.82 Å². The van der Waals surface area contributed by atoms with E-state index in [-0.39, 0.29) is 11.5 Å². The van der Waals surface area contributed by atoms with Crippen LogP contribution >= 0.6 is 11.6 Å². The maximum absolute atomic E-state index is 13.2. The van der Waals surface area contributed by atoms with E-state index in [1.54, 1.807) is 12.1 Å². The molecule has 1 aliphatic heterocycles. The van der Waals surface area contributed by atoms with Crippen molar-refractivity contribution < 1.29 is 19.0 Å². The van der Waals surface area contributed by atoms with Gasteiger partial charge < -0.3 is 9.84 Å². The average molecular weight is 291 g/mol. The van der Waals surface area contributed by atoms with Crippen molar-refractivity contribution >= 4 is 23.5 Å². The Morgan fingerprint density at radius 3 is 2.75 bits per heavy atom. The SMILES string of the molecule is O=C1C(=Cc2ccc(O)c(F)c2)Oc2ccc(Cl)cc21. The molecule has 0 spiro atoms. The second-order valence-electron chi connectivity index (χ2n) is 4.29. The van der Waals surface area contributed by atoms with Gasteiger partial charge in [-0.05, 0) is 42.0 Å². The Hall–Kier alpha value is -2.33. The van der Waals surface area contributed by atoms with Gasteiger partial charge in [-0.2, -0.15) is 0 Å². The number of ether oxygens (including phenoxy) is 1. The zero-order valence-corrected chi connectivity index (χ0v) is 10.8. The number of hydrogen-bond donors (Lipinski definition) is 1. The van der Waals surface area contributed by atoms with Crippen LogP contribution in [0.15, 0.2) is 42.2 Å². The lowest BCUT2D eigenvalue weighted by Gasteiger charge is -2.00. The third kappa shape index (κ3) is 2.14. The lowest BCUT2D eigenvalue weighted by Crippen LogP contribution is -1.98. The molecule has 3 nitrogen and oxygen atoms in total. The molecule has 0 radical (unpaired) electrons. The average Bonchev–Trinajstić information content (AvgIpc) is 2.71. The van der Waals surface area contributed by atoms with Gasteiger partial charge in [0.05, 0.1) is 5.56 Å². The smallest absolute Gasteiger partial charge is 0.232 e. The van der Waals surface area contributed by atoms with Crippen molar-refractivity contribution in [3.63, 3.8) is 0 Å². The van der Waals surface area contributed by atoms with Gasteiger partial charge in [-0.1, -0.05) is 17.7 Å². The summed E-state index contributed by atoms with van der Waals surface area (Å²) in [5.74, 6) is -1.00. The summed E-state index contributed by atoms with van der Waals surface area (Å²) in [6, 6.07) is 8.57. The van der Waals surface area contributed by atoms with Crippen molar-refractivity contribution in [2.24, 2.45) is 0 Å². The Bertz CT molecular complexity index is 753. The summed E-state index contributed by atoms with van der Waals surface area (Å²) in [5.41, 5.74) is 0.797. The van der Waals surface area contributed by atoms with E-state index in [1.807, 2.05) is 0 Å². The molecule has 3 rings (SSSR count). The van der Waals surface area contributed by atoms with Gasteiger partial charge in [-0.15, -0.1) is 0 Å². The van der Waals surface area contributed by atoms with Crippen LogP contribution in [0.2, 0.25) is 5.02 Å². The number of benzene rings is 2. The van der Waals surface area contributed by atoms with E-state index in [9.17, 15) is 9.18 Å². The first-order valence-corrected chi connectivity index (χ1v) is 6.15. The summed E-state index contributed by atoms with van der Waals surface area (Å²) in [5, 5.41) is 9.56. The van der Waals surface area contributed by atoms with Gasteiger partial charge >= 0.3 is 0 Å². The van der Waals surface area contributed by atoms with Crippen LogP contribution < -0.4 is 4.74 Å². The number of halogens is 2. The normalized spacial score (nSPS) is 15.3. The van der Waals surface area contributed by atoms with Crippen LogP contribution in [0.25, 0.3) is 6.08 Å². The van der Waals surface area contributed by atoms with Crippen LogP contribution in [0.4, 0.5) is 4.39 Å². The highest BCUT2D eigenvalue weighted by molar-refractivity contribution is 6.31. The fraction of sp³-hybridized carbons (Fsp3) is 0. The highest BCUT2D eigenvalue weighted by Gasteiger charge is 2.27. The summed E-state index contributed by atoms with van der Waals surface area (Å²) in [4.78, 5) is 12.1. The second-order valence-corrected chi connectivity index (χ2v) is 4.73. The number of ketones is 1. The number of carbonyl (C=O) groups is 1. The molecule has 5 heteroatoms. The third-order valence-corrected chi connectivity index (χ3v) is 3.13. The number of phenolic OH excluding ortho intramolecular Hbond substituents is 1. The van der Waals surface area contributed by atoms with Gasteiger partial charge in [-0.25, -0.2) is 4.39 Å². The van der Waals surface area contributed by atoms with Crippen molar-refractivity contribution in [2.75, 3.05) is 0 Å². The van der Waals surface area contributed by atoms with Gasteiger partial charge in [-0.3, -0.25) is 4.79 Å². The Labute approximate surface area is 118 Å². The molecule has 100 valence electrons. The fourth-order valence-electron chi connectivity index (χ4n) is 1.93. The second kappa shape index (κ2) is 4.65. The Balaban J connectivity index is 1.99. The number of allylic oxidation sites excluding steroid dienone is 1. The van der Waals surface area contributed by atoms with E-state index in [0.717, 1.165) is 6.07 Å². The number of Topliss-reactive ketones (excluding diaryl/α,β-unsaturated/α-hetero) is 1. The van der Waals surface area contributed by atoms with Gasteiger partial charge in [0, 0.05) is 5.02 Å². The molecule has 2 aromatic rings. The Morgan fingerprint density at radius 2 is 2.00 bits per heavy atom. The number of phenols is 1. The lowest BCUT2D eigenvalue weighted by atomic mass is 10.1. The number of hydrogen-bond acceptors (Lipinski definition) is 3. The molecule has 0 unspecified atom stereocenters. The number of carbonyl (C=O) groups excluding carboxylic acids is 1. The summed E-state index contributed by atoms with van der Waals surface area (Å²) in [6.45, 7) is 0. The predicted molar refractivity (Wildman–Crippen MR) is 72.5 cm³/mol. The topological polar surface area (TPSA) is 46.5 Å². The maximum Gasteiger partial charge on any atom is 0.232 e. The van der Waals surface area contributed by atoms with E-state index in [2.05, 4.69) is 0 Å². The monoisotopic (exact) mass is 290 g/mol. The molecule has 0 saturated carbocycles. The van der Waals surface area contributed by atoms with Gasteiger partial charge in [0.15, 0.2) is 17.3 Å². The molecule has 0 atom stereocenters. The molecule has 0 aromatic heterocycles. The molecular formula is C15H8ClFO3. The van der Waals surface area contributed by atoms with Crippen molar-refractivity contribution in [2.45, 2.75) is 0 Å². The van der Waals surface area contributed by atoms with Crippen LogP contribution in [0.1, 0.15) is 15.9 Å². The minimum absolute atomic E-state index is 0.0901. The molecule has 0 fully saturated rings. The fourth-order valence-corrected chi connectivity index (χ4v) is 2.10. The van der Waals surface area contributed by atoms with Crippen molar-refractivity contribution in [1.82, 2.24) is 0 Å². The molecule has 0 amide bonds. The van der Waals surface area contributed by atoms with E-state index < -0.39 is 11.6 Å². The number of fused-ring (bicyclic) bond motifs is 1. The van der Waals surface area contributed by atoms with E-state index in [1.165, 1.54) is 24.3 Å². The van der Waals surface area contributed by atoms with Crippen molar-refractivity contribution in [3.05, 3.63) is 64.1 Å². The molecule has 20 heavy (non-hydrogen) atoms. The molecule has 1 heterocycles. The first kappa shape index (κ1) is 12.7. The summed E-state index contributed by atoms with van der Waals surface area (Å²) >= 11 is 5.83. The molecule has 0 aliphatic carbocycles. The van der Waals surface area contributed by atoms with Crippen LogP contribution in [-0.4, -0.2) is 10.9 Å². The molecule has 0 saturated heterocycles. The van der Waals surface area contributed by atoms with Gasteiger partial charge in [0.25, 0.3) is 0 Å². The molecule has 2 aromatic carbocycles. The van der Waals surface area contributed by atoms with Crippen LogP contribution in [-0.2, 0) is 0 Å². The van der Waals surface area contributed by atoms with Crippen molar-refractivity contribution in [3.8, 4) is 11.5 Å². The van der Waals surface area contributed by atoms with Crippen molar-refractivity contribution in [1.29, 1.82) is 0 Å². The van der Waals surface area contributed by atoms with E-state index >= 15 is 0 Å². The Kier molecular flexibility index (Phi) is 2.95. The molecular weight excluding hydrogens is 283 g/mol. The van der Waals surface area contributed by atoms with Crippen LogP contribution in [0.3, 0.4) is 0 Å². The lowest BCUT2D eigenvalue weighted by molar-refractivity contribution is 0.101. The first-order valence-electron chi connectivity index (χ1n) is 5.77. The van der Waals surface area contributed by atoms with Crippen LogP contribution in [0.5, 0.6) is 11.5 Å². The van der Waals surface area contributed by atoms with Gasteiger partial charge in [0.1, 0.15) is 5.75 Å². The predicted octanol–water partition coefficient (Wildman–Crippen LogP) is 3.80. The standard InChI is InChI=1S/C15H8ClFO3/c16-9-2-4-13-10(7-9)15(19)14(20-13)6-8-1-3-12(18)11(17)5-8/h1-7,18H. The third-order valence-electron chi connectivity index (χ3n) is 2.90. The van der Waals surface area contributed by atoms with E-state index in [4.69, 9.17) is 21.4 Å². The molecule has 0 bridgehead atoms. The minimum atomic E-state index is -0.759. The highest BCUT2D eigenvalue weighted by atomic mass is 35.5. The minimum Gasteiger partial charge on any atom is -0.505 e. The quantitative estimate of drug-likeness (QED) is 0.813. The zero-order chi connectivity index (χ0) is 14.3. The molecule has 1 N–H and O–H groups in total. The zero-order valence-electron chi connectivity index (χ0n) is 10.1.